The summed E-state index contributed by atoms with van der Waals surface area (Å²) in [6.07, 6.45) is 0. The number of anilines is 2. The molecule has 0 heterocycles. The van der Waals surface area contributed by atoms with Crippen molar-refractivity contribution >= 4 is 51.3 Å². The summed E-state index contributed by atoms with van der Waals surface area (Å²) in [7, 11) is 0. The van der Waals surface area contributed by atoms with Crippen LogP contribution in [0.4, 0.5) is 11.4 Å². The van der Waals surface area contributed by atoms with Gasteiger partial charge in [0.15, 0.2) is 5.11 Å². The molecule has 2 amide bonds. The lowest BCUT2D eigenvalue weighted by Crippen LogP contribution is -2.34. The van der Waals surface area contributed by atoms with E-state index in [4.69, 9.17) is 12.2 Å². The fourth-order valence-electron chi connectivity index (χ4n) is 3.19. The van der Waals surface area contributed by atoms with Crippen molar-refractivity contribution in [2.75, 3.05) is 10.6 Å². The minimum atomic E-state index is -0.277. The summed E-state index contributed by atoms with van der Waals surface area (Å²) in [4.78, 5) is 24.9. The fourth-order valence-corrected chi connectivity index (χ4v) is 3.40. The smallest absolute Gasteiger partial charge is 0.258 e. The topological polar surface area (TPSA) is 70.2 Å². The van der Waals surface area contributed by atoms with Gasteiger partial charge in [-0.25, -0.2) is 0 Å². The SMILES string of the molecule is O=C(Nc1ccc(NC(=S)NC(=O)c2cccc3ccccc23)cc1)c1ccccc1. The van der Waals surface area contributed by atoms with Gasteiger partial charge in [0.05, 0.1) is 0 Å². The molecule has 0 aliphatic heterocycles. The van der Waals surface area contributed by atoms with E-state index in [0.717, 1.165) is 10.8 Å². The molecule has 31 heavy (non-hydrogen) atoms. The third kappa shape index (κ3) is 4.94. The molecule has 6 heteroatoms. The molecule has 4 aromatic rings. The van der Waals surface area contributed by atoms with Gasteiger partial charge in [0.1, 0.15) is 0 Å². The molecule has 0 unspecified atom stereocenters. The molecule has 0 atom stereocenters. The molecular formula is C25H19N3O2S. The quantitative estimate of drug-likeness (QED) is 0.392. The van der Waals surface area contributed by atoms with E-state index >= 15 is 0 Å². The summed E-state index contributed by atoms with van der Waals surface area (Å²) in [6.45, 7) is 0. The molecule has 152 valence electrons. The number of hydrogen-bond acceptors (Lipinski definition) is 3. The third-order valence-corrected chi connectivity index (χ3v) is 4.90. The van der Waals surface area contributed by atoms with Gasteiger partial charge in [0.25, 0.3) is 11.8 Å². The average Bonchev–Trinajstić information content (AvgIpc) is 2.80. The lowest BCUT2D eigenvalue weighted by atomic mass is 10.0. The van der Waals surface area contributed by atoms with Crippen molar-refractivity contribution in [3.63, 3.8) is 0 Å². The van der Waals surface area contributed by atoms with E-state index in [2.05, 4.69) is 16.0 Å². The molecule has 0 saturated carbocycles. The predicted molar refractivity (Wildman–Crippen MR) is 128 cm³/mol. The Hall–Kier alpha value is -4.03. The minimum absolute atomic E-state index is 0.181. The standard InChI is InChI=1S/C25H19N3O2S/c29-23(18-8-2-1-3-9-18)26-19-13-15-20(16-14-19)27-25(31)28-24(30)22-12-6-10-17-7-4-5-11-21(17)22/h1-16H,(H,26,29)(H2,27,28,30,31). The Morgan fingerprint density at radius 1 is 0.613 bits per heavy atom. The van der Waals surface area contributed by atoms with Crippen LogP contribution in [0, 0.1) is 0 Å². The molecular weight excluding hydrogens is 406 g/mol. The zero-order valence-electron chi connectivity index (χ0n) is 16.5. The van der Waals surface area contributed by atoms with Gasteiger partial charge in [-0.05, 0) is 65.5 Å². The molecule has 0 aliphatic rings. The Kier molecular flexibility index (Phi) is 6.01. The van der Waals surface area contributed by atoms with Crippen LogP contribution in [0.3, 0.4) is 0 Å². The first-order valence-electron chi connectivity index (χ1n) is 9.67. The number of benzene rings is 4. The van der Waals surface area contributed by atoms with Gasteiger partial charge >= 0.3 is 0 Å². The Labute approximate surface area is 185 Å². The molecule has 0 radical (unpaired) electrons. The highest BCUT2D eigenvalue weighted by Gasteiger charge is 2.11. The molecule has 0 aliphatic carbocycles. The number of carbonyl (C=O) groups is 2. The van der Waals surface area contributed by atoms with Gasteiger partial charge in [-0.3, -0.25) is 14.9 Å². The second kappa shape index (κ2) is 9.19. The van der Waals surface area contributed by atoms with Gasteiger partial charge < -0.3 is 10.6 Å². The number of amides is 2. The lowest BCUT2D eigenvalue weighted by molar-refractivity contribution is 0.0978. The van der Waals surface area contributed by atoms with Gasteiger partial charge in [-0.1, -0.05) is 54.6 Å². The van der Waals surface area contributed by atoms with Gasteiger partial charge in [-0.2, -0.15) is 0 Å². The summed E-state index contributed by atoms with van der Waals surface area (Å²) in [6, 6.07) is 29.3. The van der Waals surface area contributed by atoms with Crippen LogP contribution in [0.15, 0.2) is 97.1 Å². The Bertz CT molecular complexity index is 1250. The van der Waals surface area contributed by atoms with Gasteiger partial charge in [0, 0.05) is 22.5 Å². The minimum Gasteiger partial charge on any atom is -0.332 e. The van der Waals surface area contributed by atoms with E-state index in [1.54, 1.807) is 42.5 Å². The molecule has 0 aromatic heterocycles. The van der Waals surface area contributed by atoms with Crippen molar-refractivity contribution in [2.45, 2.75) is 0 Å². The van der Waals surface area contributed by atoms with Crippen LogP contribution in [0.25, 0.3) is 10.8 Å². The van der Waals surface area contributed by atoms with E-state index in [0.29, 0.717) is 22.5 Å². The van der Waals surface area contributed by atoms with Crippen LogP contribution < -0.4 is 16.0 Å². The van der Waals surface area contributed by atoms with Crippen LogP contribution in [-0.4, -0.2) is 16.9 Å². The maximum absolute atomic E-state index is 12.7. The van der Waals surface area contributed by atoms with Gasteiger partial charge in [0.2, 0.25) is 0 Å². The fraction of sp³-hybridized carbons (Fsp3) is 0. The molecule has 0 fully saturated rings. The Balaban J connectivity index is 1.37. The maximum atomic E-state index is 12.7. The molecule has 5 nitrogen and oxygen atoms in total. The number of nitrogens with one attached hydrogen (secondary N) is 3. The molecule has 0 bridgehead atoms. The summed E-state index contributed by atoms with van der Waals surface area (Å²) in [5.41, 5.74) is 2.49. The molecule has 3 N–H and O–H groups in total. The van der Waals surface area contributed by atoms with Crippen LogP contribution >= 0.6 is 12.2 Å². The van der Waals surface area contributed by atoms with Crippen LogP contribution in [-0.2, 0) is 0 Å². The highest BCUT2D eigenvalue weighted by Crippen LogP contribution is 2.19. The van der Waals surface area contributed by atoms with Crippen molar-refractivity contribution in [1.82, 2.24) is 5.32 Å². The van der Waals surface area contributed by atoms with Crippen molar-refractivity contribution < 1.29 is 9.59 Å². The zero-order chi connectivity index (χ0) is 21.6. The molecule has 0 saturated heterocycles. The Morgan fingerprint density at radius 2 is 1.23 bits per heavy atom. The summed E-state index contributed by atoms with van der Waals surface area (Å²) < 4.78 is 0. The second-order valence-electron chi connectivity index (χ2n) is 6.83. The normalized spacial score (nSPS) is 10.3. The summed E-state index contributed by atoms with van der Waals surface area (Å²) in [5.74, 6) is -0.458. The molecule has 0 spiro atoms. The highest BCUT2D eigenvalue weighted by molar-refractivity contribution is 7.80. The number of carbonyl (C=O) groups excluding carboxylic acids is 2. The lowest BCUT2D eigenvalue weighted by Gasteiger charge is -2.12. The van der Waals surface area contributed by atoms with E-state index in [-0.39, 0.29) is 16.9 Å². The summed E-state index contributed by atoms with van der Waals surface area (Å²) in [5, 5.41) is 10.6. The van der Waals surface area contributed by atoms with Crippen LogP contribution in [0.2, 0.25) is 0 Å². The Morgan fingerprint density at radius 3 is 1.97 bits per heavy atom. The second-order valence-corrected chi connectivity index (χ2v) is 7.24. The summed E-state index contributed by atoms with van der Waals surface area (Å²) >= 11 is 5.29. The van der Waals surface area contributed by atoms with E-state index in [1.807, 2.05) is 54.6 Å². The maximum Gasteiger partial charge on any atom is 0.258 e. The van der Waals surface area contributed by atoms with Crippen LogP contribution in [0.1, 0.15) is 20.7 Å². The van der Waals surface area contributed by atoms with E-state index < -0.39 is 0 Å². The van der Waals surface area contributed by atoms with E-state index in [9.17, 15) is 9.59 Å². The molecule has 4 rings (SSSR count). The first kappa shape index (κ1) is 20.3. The van der Waals surface area contributed by atoms with Crippen molar-refractivity contribution in [1.29, 1.82) is 0 Å². The van der Waals surface area contributed by atoms with Crippen molar-refractivity contribution in [2.24, 2.45) is 0 Å². The highest BCUT2D eigenvalue weighted by atomic mass is 32.1. The first-order valence-corrected chi connectivity index (χ1v) is 10.1. The third-order valence-electron chi connectivity index (χ3n) is 4.70. The number of hydrogen-bond donors (Lipinski definition) is 3. The van der Waals surface area contributed by atoms with Gasteiger partial charge in [-0.15, -0.1) is 0 Å². The number of fused-ring (bicyclic) bond motifs is 1. The van der Waals surface area contributed by atoms with Crippen molar-refractivity contribution in [3.8, 4) is 0 Å². The monoisotopic (exact) mass is 425 g/mol. The first-order chi connectivity index (χ1) is 15.1. The average molecular weight is 426 g/mol. The largest absolute Gasteiger partial charge is 0.332 e. The molecule has 4 aromatic carbocycles. The predicted octanol–water partition coefficient (Wildman–Crippen LogP) is 5.22. The number of thiocarbonyl (C=S) groups is 1. The number of rotatable bonds is 4. The van der Waals surface area contributed by atoms with Crippen molar-refractivity contribution in [3.05, 3.63) is 108 Å². The van der Waals surface area contributed by atoms with E-state index in [1.165, 1.54) is 0 Å². The van der Waals surface area contributed by atoms with Crippen LogP contribution in [0.5, 0.6) is 0 Å². The zero-order valence-corrected chi connectivity index (χ0v) is 17.3.